The first kappa shape index (κ1) is 12.8. The highest BCUT2D eigenvalue weighted by molar-refractivity contribution is 7.99. The maximum absolute atomic E-state index is 12.1. The number of nitrogens with zero attached hydrogens (tertiary/aromatic N) is 1. The molecule has 1 fully saturated rings. The van der Waals surface area contributed by atoms with Crippen LogP contribution in [0.15, 0.2) is 24.3 Å². The molecule has 0 radical (unpaired) electrons. The SMILES string of the molecule is CS[C@@H]1CCN(C(=O)Cc2ccccc2Cl)C1. The molecule has 1 atom stereocenters. The molecule has 0 unspecified atom stereocenters. The van der Waals surface area contributed by atoms with E-state index in [9.17, 15) is 4.79 Å². The summed E-state index contributed by atoms with van der Waals surface area (Å²) in [7, 11) is 0. The van der Waals surface area contributed by atoms with Crippen molar-refractivity contribution >= 4 is 29.3 Å². The molecule has 2 nitrogen and oxygen atoms in total. The first-order valence-electron chi connectivity index (χ1n) is 5.74. The van der Waals surface area contributed by atoms with Gasteiger partial charge in [-0.15, -0.1) is 0 Å². The summed E-state index contributed by atoms with van der Waals surface area (Å²) in [6.45, 7) is 1.76. The molecule has 0 bridgehead atoms. The molecule has 2 rings (SSSR count). The standard InChI is InChI=1S/C13H16ClNOS/c1-17-11-6-7-15(9-11)13(16)8-10-4-2-3-5-12(10)14/h2-5,11H,6-9H2,1H3/t11-/m1/s1. The molecule has 92 valence electrons. The Hall–Kier alpha value is -0.670. The van der Waals surface area contributed by atoms with Gasteiger partial charge in [-0.2, -0.15) is 11.8 Å². The highest BCUT2D eigenvalue weighted by Crippen LogP contribution is 2.22. The second-order valence-corrected chi connectivity index (χ2v) is 5.80. The third-order valence-corrected chi connectivity index (χ3v) is 4.55. The van der Waals surface area contributed by atoms with Crippen molar-refractivity contribution in [3.8, 4) is 0 Å². The smallest absolute Gasteiger partial charge is 0.227 e. The van der Waals surface area contributed by atoms with Gasteiger partial charge in [0.1, 0.15) is 0 Å². The van der Waals surface area contributed by atoms with Crippen molar-refractivity contribution in [3.05, 3.63) is 34.9 Å². The fourth-order valence-corrected chi connectivity index (χ4v) is 2.94. The molecule has 1 heterocycles. The number of rotatable bonds is 3. The Kier molecular flexibility index (Phi) is 4.35. The average Bonchev–Trinajstić information content (AvgIpc) is 2.81. The summed E-state index contributed by atoms with van der Waals surface area (Å²) in [6, 6.07) is 7.56. The van der Waals surface area contributed by atoms with E-state index in [4.69, 9.17) is 11.6 Å². The highest BCUT2D eigenvalue weighted by Gasteiger charge is 2.25. The Bertz CT molecular complexity index is 410. The van der Waals surface area contributed by atoms with Gasteiger partial charge in [-0.25, -0.2) is 0 Å². The molecule has 17 heavy (non-hydrogen) atoms. The molecule has 0 saturated carbocycles. The van der Waals surface area contributed by atoms with E-state index in [1.54, 1.807) is 0 Å². The lowest BCUT2D eigenvalue weighted by molar-refractivity contribution is -0.129. The van der Waals surface area contributed by atoms with E-state index in [1.165, 1.54) is 0 Å². The minimum Gasteiger partial charge on any atom is -0.341 e. The molecular formula is C13H16ClNOS. The summed E-state index contributed by atoms with van der Waals surface area (Å²) < 4.78 is 0. The van der Waals surface area contributed by atoms with E-state index >= 15 is 0 Å². The second-order valence-electron chi connectivity index (χ2n) is 4.25. The summed E-state index contributed by atoms with van der Waals surface area (Å²) in [5.41, 5.74) is 0.923. The van der Waals surface area contributed by atoms with Crippen molar-refractivity contribution in [1.82, 2.24) is 4.90 Å². The van der Waals surface area contributed by atoms with Crippen molar-refractivity contribution in [2.75, 3.05) is 19.3 Å². The molecule has 0 spiro atoms. The number of hydrogen-bond donors (Lipinski definition) is 0. The van der Waals surface area contributed by atoms with E-state index in [0.717, 1.165) is 25.1 Å². The maximum Gasteiger partial charge on any atom is 0.227 e. The Balaban J connectivity index is 1.96. The van der Waals surface area contributed by atoms with E-state index in [2.05, 4.69) is 6.26 Å². The van der Waals surface area contributed by atoms with Gasteiger partial charge in [-0.3, -0.25) is 4.79 Å². The highest BCUT2D eigenvalue weighted by atomic mass is 35.5. The monoisotopic (exact) mass is 269 g/mol. The van der Waals surface area contributed by atoms with E-state index in [0.29, 0.717) is 16.7 Å². The van der Waals surface area contributed by atoms with Gasteiger partial charge >= 0.3 is 0 Å². The average molecular weight is 270 g/mol. The zero-order valence-electron chi connectivity index (χ0n) is 9.86. The minimum atomic E-state index is 0.189. The number of thioether (sulfide) groups is 1. The quantitative estimate of drug-likeness (QED) is 0.841. The van der Waals surface area contributed by atoms with Crippen LogP contribution in [-0.4, -0.2) is 35.4 Å². The number of carbonyl (C=O) groups excluding carboxylic acids is 1. The van der Waals surface area contributed by atoms with Gasteiger partial charge < -0.3 is 4.90 Å². The number of benzene rings is 1. The molecule has 4 heteroatoms. The third kappa shape index (κ3) is 3.17. The van der Waals surface area contributed by atoms with Crippen molar-refractivity contribution in [2.24, 2.45) is 0 Å². The van der Waals surface area contributed by atoms with Crippen molar-refractivity contribution in [3.63, 3.8) is 0 Å². The topological polar surface area (TPSA) is 20.3 Å². The van der Waals surface area contributed by atoms with Crippen LogP contribution in [0.25, 0.3) is 0 Å². The maximum atomic E-state index is 12.1. The van der Waals surface area contributed by atoms with Gasteiger partial charge in [0.15, 0.2) is 0 Å². The van der Waals surface area contributed by atoms with Crippen LogP contribution >= 0.6 is 23.4 Å². The lowest BCUT2D eigenvalue weighted by Gasteiger charge is -2.16. The van der Waals surface area contributed by atoms with E-state index in [1.807, 2.05) is 40.9 Å². The lowest BCUT2D eigenvalue weighted by atomic mass is 10.1. The van der Waals surface area contributed by atoms with Crippen LogP contribution in [0.2, 0.25) is 5.02 Å². The molecule has 1 amide bonds. The number of amides is 1. The third-order valence-electron chi connectivity index (χ3n) is 3.13. The summed E-state index contributed by atoms with van der Waals surface area (Å²) in [4.78, 5) is 14.0. The predicted octanol–water partition coefficient (Wildman–Crippen LogP) is 2.85. The first-order chi connectivity index (χ1) is 8.20. The number of hydrogen-bond acceptors (Lipinski definition) is 2. The molecule has 1 aromatic rings. The van der Waals surface area contributed by atoms with Crippen molar-refractivity contribution in [1.29, 1.82) is 0 Å². The molecule has 0 aromatic heterocycles. The number of carbonyl (C=O) groups is 1. The van der Waals surface area contributed by atoms with Crippen LogP contribution in [0.3, 0.4) is 0 Å². The lowest BCUT2D eigenvalue weighted by Crippen LogP contribution is -2.30. The molecule has 1 aliphatic rings. The van der Waals surface area contributed by atoms with Crippen LogP contribution in [-0.2, 0) is 11.2 Å². The number of likely N-dealkylation sites (tertiary alicyclic amines) is 1. The van der Waals surface area contributed by atoms with Crippen LogP contribution in [0, 0.1) is 0 Å². The summed E-state index contributed by atoms with van der Waals surface area (Å²) in [5.74, 6) is 0.189. The number of halogens is 1. The van der Waals surface area contributed by atoms with Gasteiger partial charge in [0.25, 0.3) is 0 Å². The van der Waals surface area contributed by atoms with Gasteiger partial charge in [-0.1, -0.05) is 29.8 Å². The Morgan fingerprint density at radius 3 is 2.94 bits per heavy atom. The van der Waals surface area contributed by atoms with Crippen LogP contribution in [0.4, 0.5) is 0 Å². The molecular weight excluding hydrogens is 254 g/mol. The summed E-state index contributed by atoms with van der Waals surface area (Å²) >= 11 is 7.90. The van der Waals surface area contributed by atoms with Crippen molar-refractivity contribution in [2.45, 2.75) is 18.1 Å². The van der Waals surface area contributed by atoms with Gasteiger partial charge in [0.2, 0.25) is 5.91 Å². The summed E-state index contributed by atoms with van der Waals surface area (Å²) in [6.07, 6.45) is 3.63. The van der Waals surface area contributed by atoms with Gasteiger partial charge in [0, 0.05) is 23.4 Å². The van der Waals surface area contributed by atoms with Gasteiger partial charge in [-0.05, 0) is 24.3 Å². The van der Waals surface area contributed by atoms with Crippen LogP contribution < -0.4 is 0 Å². The molecule has 1 aliphatic heterocycles. The largest absolute Gasteiger partial charge is 0.341 e. The Morgan fingerprint density at radius 2 is 2.29 bits per heavy atom. The van der Waals surface area contributed by atoms with Crippen LogP contribution in [0.1, 0.15) is 12.0 Å². The van der Waals surface area contributed by atoms with E-state index < -0.39 is 0 Å². The molecule has 1 aromatic carbocycles. The fraction of sp³-hybridized carbons (Fsp3) is 0.462. The first-order valence-corrected chi connectivity index (χ1v) is 7.41. The minimum absolute atomic E-state index is 0.189. The van der Waals surface area contributed by atoms with Gasteiger partial charge in [0.05, 0.1) is 6.42 Å². The predicted molar refractivity (Wildman–Crippen MR) is 73.7 cm³/mol. The normalized spacial score (nSPS) is 19.6. The molecule has 0 N–H and O–H groups in total. The van der Waals surface area contributed by atoms with Crippen LogP contribution in [0.5, 0.6) is 0 Å². The fourth-order valence-electron chi connectivity index (χ4n) is 2.06. The molecule has 1 saturated heterocycles. The summed E-state index contributed by atoms with van der Waals surface area (Å²) in [5, 5.41) is 1.28. The van der Waals surface area contributed by atoms with E-state index in [-0.39, 0.29) is 5.91 Å². The Morgan fingerprint density at radius 1 is 1.53 bits per heavy atom. The second kappa shape index (κ2) is 5.78. The molecule has 0 aliphatic carbocycles. The van der Waals surface area contributed by atoms with Crippen molar-refractivity contribution < 1.29 is 4.79 Å². The zero-order chi connectivity index (χ0) is 12.3. The Labute approximate surface area is 111 Å². The zero-order valence-corrected chi connectivity index (χ0v) is 11.4.